The van der Waals surface area contributed by atoms with Gasteiger partial charge in [0.2, 0.25) is 0 Å². The molecule has 248 valence electrons. The molecule has 0 spiro atoms. The van der Waals surface area contributed by atoms with Gasteiger partial charge >= 0.3 is 0 Å². The molecule has 3 nitrogen and oxygen atoms in total. The number of benzene rings is 8. The van der Waals surface area contributed by atoms with Crippen molar-refractivity contribution in [2.75, 3.05) is 0 Å². The van der Waals surface area contributed by atoms with Crippen LogP contribution in [0.4, 0.5) is 0 Å². The second kappa shape index (κ2) is 11.6. The largest absolute Gasteiger partial charge is 0.309 e. The second-order valence-corrected chi connectivity index (χ2v) is 14.7. The molecule has 11 aromatic rings. The van der Waals surface area contributed by atoms with Gasteiger partial charge < -0.3 is 9.13 Å². The van der Waals surface area contributed by atoms with Crippen molar-refractivity contribution in [1.29, 1.82) is 0 Å². The van der Waals surface area contributed by atoms with Gasteiger partial charge in [0.05, 0.1) is 33.4 Å². The van der Waals surface area contributed by atoms with Crippen LogP contribution in [0.5, 0.6) is 0 Å². The predicted octanol–water partition coefficient (Wildman–Crippen LogP) is 12.9. The summed E-state index contributed by atoms with van der Waals surface area (Å²) in [5.41, 5.74) is 11.1. The lowest BCUT2D eigenvalue weighted by Gasteiger charge is -2.15. The fraction of sp³-hybridized carbons (Fsp3) is 0. The van der Waals surface area contributed by atoms with E-state index in [0.717, 1.165) is 75.9 Å². The smallest absolute Gasteiger partial charge is 0.195 e. The summed E-state index contributed by atoms with van der Waals surface area (Å²) in [6, 6.07) is 64.1. The first-order valence-electron chi connectivity index (χ1n) is 17.9. The highest BCUT2D eigenvalue weighted by Crippen LogP contribution is 2.39. The molecule has 0 atom stereocenters. The minimum atomic E-state index is 0.0566. The average Bonchev–Trinajstić information content (AvgIpc) is 3.74. The minimum absolute atomic E-state index is 0.0566. The molecule has 0 bridgehead atoms. The minimum Gasteiger partial charge on any atom is -0.309 e. The fourth-order valence-electron chi connectivity index (χ4n) is 8.38. The zero-order valence-electron chi connectivity index (χ0n) is 28.5. The van der Waals surface area contributed by atoms with Gasteiger partial charge in [-0.05, 0) is 71.8 Å². The lowest BCUT2D eigenvalue weighted by atomic mass is 9.99. The average molecular weight is 695 g/mol. The van der Waals surface area contributed by atoms with E-state index in [0.29, 0.717) is 0 Å². The van der Waals surface area contributed by atoms with Crippen LogP contribution in [-0.2, 0) is 0 Å². The van der Waals surface area contributed by atoms with Crippen LogP contribution in [0.15, 0.2) is 187 Å². The van der Waals surface area contributed by atoms with Crippen molar-refractivity contribution in [1.82, 2.24) is 9.13 Å². The zero-order valence-corrected chi connectivity index (χ0v) is 29.3. The van der Waals surface area contributed by atoms with Crippen molar-refractivity contribution in [3.8, 4) is 33.6 Å². The molecule has 0 unspecified atom stereocenters. The van der Waals surface area contributed by atoms with Gasteiger partial charge in [0, 0.05) is 52.8 Å². The lowest BCUT2D eigenvalue weighted by Crippen LogP contribution is -2.03. The van der Waals surface area contributed by atoms with Crippen molar-refractivity contribution in [2.24, 2.45) is 0 Å². The van der Waals surface area contributed by atoms with Gasteiger partial charge in [0.25, 0.3) is 0 Å². The Morgan fingerprint density at radius 2 is 0.679 bits per heavy atom. The maximum Gasteiger partial charge on any atom is 0.195 e. The van der Waals surface area contributed by atoms with Crippen LogP contribution in [0.1, 0.15) is 0 Å². The summed E-state index contributed by atoms with van der Waals surface area (Å²) in [5, 5.41) is 6.38. The Bertz CT molecular complexity index is 3000. The molecule has 0 N–H and O–H groups in total. The molecule has 0 saturated carbocycles. The van der Waals surface area contributed by atoms with Gasteiger partial charge in [-0.15, -0.1) is 11.3 Å². The molecule has 0 aliphatic carbocycles. The number of para-hydroxylation sites is 6. The number of hydrogen-bond acceptors (Lipinski definition) is 2. The highest BCUT2D eigenvalue weighted by atomic mass is 32.1. The zero-order chi connectivity index (χ0) is 35.0. The number of aromatic nitrogens is 2. The summed E-state index contributed by atoms with van der Waals surface area (Å²) in [4.78, 5) is 14.6. The first kappa shape index (κ1) is 29.9. The van der Waals surface area contributed by atoms with Crippen molar-refractivity contribution >= 4 is 75.1 Å². The summed E-state index contributed by atoms with van der Waals surface area (Å²) in [6.07, 6.45) is 0. The van der Waals surface area contributed by atoms with Crippen LogP contribution in [-0.4, -0.2) is 9.13 Å². The second-order valence-electron chi connectivity index (χ2n) is 13.6. The molecule has 0 amide bonds. The van der Waals surface area contributed by atoms with Crippen molar-refractivity contribution in [3.63, 3.8) is 0 Å². The van der Waals surface area contributed by atoms with Gasteiger partial charge in [0.15, 0.2) is 5.43 Å². The first-order chi connectivity index (χ1) is 26.2. The summed E-state index contributed by atoms with van der Waals surface area (Å²) in [7, 11) is 0. The summed E-state index contributed by atoms with van der Waals surface area (Å²) in [5.74, 6) is 0. The third kappa shape index (κ3) is 4.49. The quantitative estimate of drug-likeness (QED) is 0.169. The Morgan fingerprint density at radius 3 is 1.08 bits per heavy atom. The molecule has 0 fully saturated rings. The van der Waals surface area contributed by atoms with Crippen LogP contribution in [0.25, 0.3) is 97.4 Å². The number of nitrogens with zero attached hydrogens (tertiary/aromatic N) is 2. The predicted molar refractivity (Wildman–Crippen MR) is 225 cm³/mol. The van der Waals surface area contributed by atoms with Crippen molar-refractivity contribution < 1.29 is 0 Å². The molecule has 3 heterocycles. The van der Waals surface area contributed by atoms with Crippen LogP contribution >= 0.6 is 11.3 Å². The Hall–Kier alpha value is -6.75. The molecule has 3 aromatic heterocycles. The van der Waals surface area contributed by atoms with E-state index in [4.69, 9.17) is 0 Å². The highest BCUT2D eigenvalue weighted by molar-refractivity contribution is 7.24. The van der Waals surface area contributed by atoms with E-state index >= 15 is 0 Å². The monoisotopic (exact) mass is 694 g/mol. The van der Waals surface area contributed by atoms with Gasteiger partial charge in [-0.1, -0.05) is 121 Å². The third-order valence-electron chi connectivity index (χ3n) is 10.7. The van der Waals surface area contributed by atoms with E-state index in [2.05, 4.69) is 191 Å². The number of rotatable bonds is 4. The molecule has 0 aliphatic heterocycles. The van der Waals surface area contributed by atoms with E-state index < -0.39 is 0 Å². The third-order valence-corrected chi connectivity index (χ3v) is 11.9. The summed E-state index contributed by atoms with van der Waals surface area (Å²) >= 11 is 1.67. The van der Waals surface area contributed by atoms with Gasteiger partial charge in [-0.3, -0.25) is 4.79 Å². The normalized spacial score (nSPS) is 11.8. The van der Waals surface area contributed by atoms with E-state index in [1.54, 1.807) is 11.3 Å². The molecule has 0 radical (unpaired) electrons. The summed E-state index contributed by atoms with van der Waals surface area (Å²) in [6.45, 7) is 0. The van der Waals surface area contributed by atoms with E-state index in [1.807, 2.05) is 0 Å². The van der Waals surface area contributed by atoms with E-state index in [-0.39, 0.29) is 5.43 Å². The van der Waals surface area contributed by atoms with Crippen LogP contribution in [0.3, 0.4) is 0 Å². The SMILES string of the molecule is O=c1c2cc(-c3ccccc3-n3c4ccccc4c4ccccc43)ccc2sc2ccc(-c3ccccc3-n3c4ccccc4c4ccccc43)cc12. The van der Waals surface area contributed by atoms with Crippen LogP contribution in [0.2, 0.25) is 0 Å². The molecule has 8 aromatic carbocycles. The standard InChI is InChI=1S/C49H30N2OS/c52-49-39-29-31(33-13-1-7-19-41(33)50-43-21-9-3-15-35(43)36-16-4-10-22-44(36)50)25-27-47(39)53-48-28-26-32(30-40(48)49)34-14-2-8-20-42(34)51-45-23-11-5-17-37(45)38-18-6-12-24-46(38)51/h1-30H. The molecule has 0 saturated heterocycles. The van der Waals surface area contributed by atoms with Crippen LogP contribution < -0.4 is 5.43 Å². The Morgan fingerprint density at radius 1 is 0.340 bits per heavy atom. The molecule has 11 rings (SSSR count). The number of fused-ring (bicyclic) bond motifs is 8. The molecular formula is C49H30N2OS. The molecule has 0 aliphatic rings. The first-order valence-corrected chi connectivity index (χ1v) is 18.7. The lowest BCUT2D eigenvalue weighted by molar-refractivity contribution is 1.18. The fourth-order valence-corrected chi connectivity index (χ4v) is 9.41. The van der Waals surface area contributed by atoms with Gasteiger partial charge in [-0.2, -0.15) is 0 Å². The molecule has 53 heavy (non-hydrogen) atoms. The topological polar surface area (TPSA) is 26.9 Å². The van der Waals surface area contributed by atoms with Gasteiger partial charge in [0.1, 0.15) is 0 Å². The Kier molecular flexibility index (Phi) is 6.57. The maximum absolute atomic E-state index is 14.6. The summed E-state index contributed by atoms with van der Waals surface area (Å²) < 4.78 is 6.68. The van der Waals surface area contributed by atoms with Crippen molar-refractivity contribution in [2.45, 2.75) is 0 Å². The van der Waals surface area contributed by atoms with E-state index in [9.17, 15) is 4.79 Å². The molecule has 4 heteroatoms. The van der Waals surface area contributed by atoms with Gasteiger partial charge in [-0.25, -0.2) is 0 Å². The van der Waals surface area contributed by atoms with Crippen LogP contribution in [0, 0.1) is 0 Å². The van der Waals surface area contributed by atoms with E-state index in [1.165, 1.54) is 21.5 Å². The number of hydrogen-bond donors (Lipinski definition) is 0. The molecular weight excluding hydrogens is 665 g/mol. The van der Waals surface area contributed by atoms with Crippen molar-refractivity contribution in [3.05, 3.63) is 192 Å². The maximum atomic E-state index is 14.6. The Balaban J connectivity index is 1.09. The Labute approximate surface area is 308 Å². The highest BCUT2D eigenvalue weighted by Gasteiger charge is 2.18.